The first-order chi connectivity index (χ1) is 11.8. The maximum atomic E-state index is 12.3. The number of hydroxylamine groups is 2. The zero-order chi connectivity index (χ0) is 18.2. The van der Waals surface area contributed by atoms with Gasteiger partial charge in [0.15, 0.2) is 0 Å². The number of fused-ring (bicyclic) bond motifs is 1. The van der Waals surface area contributed by atoms with Crippen LogP contribution in [0.25, 0.3) is 0 Å². The number of rotatable bonds is 4. The molecule has 0 radical (unpaired) electrons. The molecular weight excluding hydrogens is 348 g/mol. The Morgan fingerprint density at radius 1 is 0.960 bits per heavy atom. The number of benzene rings is 2. The molecule has 2 aromatic rings. The van der Waals surface area contributed by atoms with Gasteiger partial charge >= 0.3 is 10.1 Å². The number of carbonyl (C=O) groups excluding carboxylic acids is 3. The molecule has 0 atom stereocenters. The number of hydrogen-bond acceptors (Lipinski definition) is 6. The van der Waals surface area contributed by atoms with Gasteiger partial charge in [0.2, 0.25) is 5.91 Å². The van der Waals surface area contributed by atoms with Crippen LogP contribution in [-0.2, 0) is 19.2 Å². The van der Waals surface area contributed by atoms with Gasteiger partial charge in [0.05, 0.1) is 16.0 Å². The van der Waals surface area contributed by atoms with E-state index in [0.717, 1.165) is 0 Å². The fourth-order valence-electron chi connectivity index (χ4n) is 2.28. The van der Waals surface area contributed by atoms with Crippen LogP contribution in [0.1, 0.15) is 27.6 Å². The van der Waals surface area contributed by atoms with E-state index >= 15 is 0 Å². The molecule has 1 heterocycles. The van der Waals surface area contributed by atoms with Gasteiger partial charge in [-0.15, -0.1) is 9.35 Å². The lowest BCUT2D eigenvalue weighted by atomic mass is 10.1. The summed E-state index contributed by atoms with van der Waals surface area (Å²) in [6, 6.07) is 11.0. The summed E-state index contributed by atoms with van der Waals surface area (Å²) in [5.41, 5.74) is 0.541. The molecule has 1 N–H and O–H groups in total. The highest BCUT2D eigenvalue weighted by Crippen LogP contribution is 2.26. The number of hydrogen-bond donors (Lipinski definition) is 1. The second kappa shape index (κ2) is 6.11. The van der Waals surface area contributed by atoms with Crippen LogP contribution in [0.5, 0.6) is 0 Å². The zero-order valence-electron chi connectivity index (χ0n) is 12.9. The van der Waals surface area contributed by atoms with Gasteiger partial charge in [0.1, 0.15) is 0 Å². The van der Waals surface area contributed by atoms with E-state index < -0.39 is 21.9 Å². The fourth-order valence-corrected chi connectivity index (χ4v) is 3.17. The molecule has 0 saturated heterocycles. The molecule has 128 valence electrons. The van der Waals surface area contributed by atoms with Crippen molar-refractivity contribution in [3.63, 3.8) is 0 Å². The van der Waals surface area contributed by atoms with Crippen molar-refractivity contribution in [1.82, 2.24) is 5.06 Å². The summed E-state index contributed by atoms with van der Waals surface area (Å²) in [7, 11) is -4.40. The number of anilines is 1. The molecule has 25 heavy (non-hydrogen) atoms. The van der Waals surface area contributed by atoms with E-state index in [1.54, 1.807) is 12.1 Å². The maximum absolute atomic E-state index is 12.3. The Balaban J connectivity index is 1.84. The topological polar surface area (TPSA) is 110 Å². The SMILES string of the molecule is CC(=O)Nc1ccc(S(=O)(=O)ON2C(=O)c3ccccc3C2=O)cc1. The molecule has 8 nitrogen and oxygen atoms in total. The van der Waals surface area contributed by atoms with Gasteiger partial charge in [0, 0.05) is 12.6 Å². The van der Waals surface area contributed by atoms with Crippen molar-refractivity contribution >= 4 is 33.5 Å². The molecule has 3 rings (SSSR count). The van der Waals surface area contributed by atoms with Crippen LogP contribution < -0.4 is 5.32 Å². The first-order valence-corrected chi connectivity index (χ1v) is 8.50. The van der Waals surface area contributed by atoms with Crippen LogP contribution in [0, 0.1) is 0 Å². The van der Waals surface area contributed by atoms with Gasteiger partial charge in [-0.2, -0.15) is 8.42 Å². The number of nitrogens with one attached hydrogen (secondary N) is 1. The van der Waals surface area contributed by atoms with E-state index in [1.165, 1.54) is 43.3 Å². The van der Waals surface area contributed by atoms with Crippen molar-refractivity contribution in [3.05, 3.63) is 59.7 Å². The minimum Gasteiger partial charge on any atom is -0.326 e. The zero-order valence-corrected chi connectivity index (χ0v) is 13.7. The quantitative estimate of drug-likeness (QED) is 0.829. The Morgan fingerprint density at radius 3 is 1.96 bits per heavy atom. The predicted octanol–water partition coefficient (Wildman–Crippen LogP) is 1.56. The summed E-state index contributed by atoms with van der Waals surface area (Å²) < 4.78 is 29.3. The summed E-state index contributed by atoms with van der Waals surface area (Å²) in [4.78, 5) is 35.0. The molecule has 0 fully saturated rings. The number of imide groups is 1. The molecule has 0 unspecified atom stereocenters. The third-order valence-electron chi connectivity index (χ3n) is 3.39. The Morgan fingerprint density at radius 2 is 1.48 bits per heavy atom. The largest absolute Gasteiger partial charge is 0.326 e. The van der Waals surface area contributed by atoms with Crippen LogP contribution in [0.4, 0.5) is 5.69 Å². The van der Waals surface area contributed by atoms with Crippen LogP contribution in [0.15, 0.2) is 53.4 Å². The predicted molar refractivity (Wildman–Crippen MR) is 86.0 cm³/mol. The normalized spacial score (nSPS) is 13.7. The third kappa shape index (κ3) is 3.14. The van der Waals surface area contributed by atoms with Gasteiger partial charge in [0.25, 0.3) is 11.8 Å². The molecule has 1 aliphatic heterocycles. The molecule has 9 heteroatoms. The van der Waals surface area contributed by atoms with Crippen molar-refractivity contribution in [1.29, 1.82) is 0 Å². The molecule has 2 aromatic carbocycles. The number of nitrogens with zero attached hydrogens (tertiary/aromatic N) is 1. The minimum atomic E-state index is -4.40. The average molecular weight is 360 g/mol. The maximum Gasteiger partial charge on any atom is 0.318 e. The van der Waals surface area contributed by atoms with Gasteiger partial charge in [-0.25, -0.2) is 0 Å². The van der Waals surface area contributed by atoms with Gasteiger partial charge in [-0.1, -0.05) is 12.1 Å². The van der Waals surface area contributed by atoms with E-state index in [4.69, 9.17) is 4.28 Å². The third-order valence-corrected chi connectivity index (χ3v) is 4.59. The van der Waals surface area contributed by atoms with Crippen LogP contribution in [0.2, 0.25) is 0 Å². The summed E-state index contributed by atoms with van der Waals surface area (Å²) in [5.74, 6) is -2.00. The Bertz CT molecular complexity index is 947. The molecule has 0 saturated carbocycles. The van der Waals surface area contributed by atoms with Crippen molar-refractivity contribution in [3.8, 4) is 0 Å². The summed E-state index contributed by atoms with van der Waals surface area (Å²) in [6.07, 6.45) is 0. The van der Waals surface area contributed by atoms with Crippen LogP contribution >= 0.6 is 0 Å². The molecular formula is C16H12N2O6S. The minimum absolute atomic E-state index is 0.0729. The molecule has 0 aromatic heterocycles. The lowest BCUT2D eigenvalue weighted by Gasteiger charge is -2.13. The van der Waals surface area contributed by atoms with Crippen molar-refractivity contribution < 1.29 is 27.1 Å². The van der Waals surface area contributed by atoms with Gasteiger partial charge in [-0.05, 0) is 36.4 Å². The molecule has 0 aliphatic carbocycles. The number of carbonyl (C=O) groups is 3. The van der Waals surface area contributed by atoms with E-state index in [1.807, 2.05) is 0 Å². The average Bonchev–Trinajstić information content (AvgIpc) is 2.80. The van der Waals surface area contributed by atoms with Gasteiger partial charge in [-0.3, -0.25) is 14.4 Å². The fraction of sp³-hybridized carbons (Fsp3) is 0.0625. The molecule has 3 amide bonds. The molecule has 1 aliphatic rings. The molecule has 0 spiro atoms. The second-order valence-electron chi connectivity index (χ2n) is 5.18. The summed E-state index contributed by atoms with van der Waals surface area (Å²) >= 11 is 0. The van der Waals surface area contributed by atoms with Crippen molar-refractivity contribution in [2.24, 2.45) is 0 Å². The smallest absolute Gasteiger partial charge is 0.318 e. The lowest BCUT2D eigenvalue weighted by Crippen LogP contribution is -2.32. The van der Waals surface area contributed by atoms with Crippen LogP contribution in [0.3, 0.4) is 0 Å². The first kappa shape index (κ1) is 16.8. The van der Waals surface area contributed by atoms with Crippen molar-refractivity contribution in [2.75, 3.05) is 5.32 Å². The van der Waals surface area contributed by atoms with Crippen molar-refractivity contribution in [2.45, 2.75) is 11.8 Å². The molecule has 0 bridgehead atoms. The van der Waals surface area contributed by atoms with Crippen LogP contribution in [-0.4, -0.2) is 31.2 Å². The summed E-state index contributed by atoms with van der Waals surface area (Å²) in [5, 5.41) is 2.71. The van der Waals surface area contributed by atoms with Gasteiger partial charge < -0.3 is 5.32 Å². The highest BCUT2D eigenvalue weighted by Gasteiger charge is 2.39. The standard InChI is InChI=1S/C16H12N2O6S/c1-10(19)17-11-6-8-12(9-7-11)25(22,23)24-18-15(20)13-4-2-3-5-14(13)16(18)21/h2-9H,1H3,(H,17,19). The van der Waals surface area contributed by atoms with E-state index in [0.29, 0.717) is 5.69 Å². The second-order valence-corrected chi connectivity index (χ2v) is 6.71. The van der Waals surface area contributed by atoms with E-state index in [2.05, 4.69) is 5.32 Å². The lowest BCUT2D eigenvalue weighted by molar-refractivity contribution is -0.114. The van der Waals surface area contributed by atoms with E-state index in [-0.39, 0.29) is 27.0 Å². The monoisotopic (exact) mass is 360 g/mol. The first-order valence-electron chi connectivity index (χ1n) is 7.10. The highest BCUT2D eigenvalue weighted by atomic mass is 32.2. The van der Waals surface area contributed by atoms with E-state index in [9.17, 15) is 22.8 Å². The Kier molecular flexibility index (Phi) is 4.11. The summed E-state index contributed by atoms with van der Waals surface area (Å²) in [6.45, 7) is 1.32. The Hall–Kier alpha value is -3.04. The Labute approximate surface area is 143 Å². The number of amides is 3. The highest BCUT2D eigenvalue weighted by molar-refractivity contribution is 7.86.